The first kappa shape index (κ1) is 16.2. The number of benzene rings is 2. The van der Waals surface area contributed by atoms with Gasteiger partial charge in [0.05, 0.1) is 5.69 Å². The molecule has 4 nitrogen and oxygen atoms in total. The number of nitrogens with one attached hydrogen (secondary N) is 1. The number of nitrogens with zero attached hydrogens (tertiary/aromatic N) is 1. The number of ether oxygens (including phenoxy) is 1. The van der Waals surface area contributed by atoms with Gasteiger partial charge in [0.25, 0.3) is 5.91 Å². The quantitative estimate of drug-likeness (QED) is 0.828. The molecule has 1 N–H and O–H groups in total. The Hall–Kier alpha value is -2.20. The van der Waals surface area contributed by atoms with E-state index in [0.717, 1.165) is 5.69 Å². The molecule has 0 aromatic heterocycles. The number of halogens is 1. The van der Waals surface area contributed by atoms with Crippen LogP contribution in [0.4, 0.5) is 5.69 Å². The highest BCUT2D eigenvalue weighted by atomic mass is 35.5. The fraction of sp³-hybridized carbons (Fsp3) is 0.235. The molecule has 0 saturated heterocycles. The third-order valence-electron chi connectivity index (χ3n) is 3.09. The lowest BCUT2D eigenvalue weighted by Gasteiger charge is -2.24. The van der Waals surface area contributed by atoms with Crippen molar-refractivity contribution in [3.8, 4) is 5.75 Å². The maximum atomic E-state index is 12.0. The summed E-state index contributed by atoms with van der Waals surface area (Å²) in [4.78, 5) is 12.0. The first-order valence-corrected chi connectivity index (χ1v) is 7.48. The highest BCUT2D eigenvalue weighted by Gasteiger charge is 2.09. The minimum Gasteiger partial charge on any atom is -0.484 e. The predicted molar refractivity (Wildman–Crippen MR) is 89.3 cm³/mol. The molecule has 5 heteroatoms. The molecule has 116 valence electrons. The predicted octanol–water partition coefficient (Wildman–Crippen LogP) is 3.58. The van der Waals surface area contributed by atoms with Gasteiger partial charge >= 0.3 is 0 Å². The van der Waals surface area contributed by atoms with Gasteiger partial charge in [-0.2, -0.15) is 0 Å². The molecule has 0 spiro atoms. The fourth-order valence-electron chi connectivity index (χ4n) is 1.94. The van der Waals surface area contributed by atoms with Crippen molar-refractivity contribution in [2.24, 2.45) is 0 Å². The topological polar surface area (TPSA) is 41.6 Å². The summed E-state index contributed by atoms with van der Waals surface area (Å²) in [6.07, 6.45) is 0. The summed E-state index contributed by atoms with van der Waals surface area (Å²) < 4.78 is 5.43. The molecule has 0 unspecified atom stereocenters. The van der Waals surface area contributed by atoms with Crippen molar-refractivity contribution in [3.63, 3.8) is 0 Å². The van der Waals surface area contributed by atoms with Crippen LogP contribution in [0.25, 0.3) is 0 Å². The Labute approximate surface area is 135 Å². The summed E-state index contributed by atoms with van der Waals surface area (Å²) in [5, 5.41) is 2.36. The maximum absolute atomic E-state index is 12.0. The number of hydrogen-bond acceptors (Lipinski definition) is 3. The molecule has 0 saturated carbocycles. The van der Waals surface area contributed by atoms with Crippen LogP contribution < -0.4 is 15.2 Å². The lowest BCUT2D eigenvalue weighted by atomic mass is 10.2. The van der Waals surface area contributed by atoms with Crippen molar-refractivity contribution in [1.82, 2.24) is 5.43 Å². The van der Waals surface area contributed by atoms with Gasteiger partial charge in [-0.05, 0) is 44.2 Å². The van der Waals surface area contributed by atoms with Crippen LogP contribution in [-0.2, 0) is 4.79 Å². The lowest BCUT2D eigenvalue weighted by molar-refractivity contribution is -0.123. The van der Waals surface area contributed by atoms with E-state index in [9.17, 15) is 4.79 Å². The maximum Gasteiger partial charge on any atom is 0.276 e. The zero-order valence-corrected chi connectivity index (χ0v) is 13.4. The summed E-state index contributed by atoms with van der Waals surface area (Å²) >= 11 is 5.87. The van der Waals surface area contributed by atoms with Crippen LogP contribution in [0.1, 0.15) is 12.5 Å². The second kappa shape index (κ2) is 7.71. The summed E-state index contributed by atoms with van der Waals surface area (Å²) in [5.41, 5.74) is 4.93. The number of hydrazine groups is 1. The molecule has 22 heavy (non-hydrogen) atoms. The van der Waals surface area contributed by atoms with E-state index in [2.05, 4.69) is 5.43 Å². The monoisotopic (exact) mass is 318 g/mol. The Morgan fingerprint density at radius 3 is 2.59 bits per heavy atom. The summed E-state index contributed by atoms with van der Waals surface area (Å²) in [5.74, 6) is 0.350. The Morgan fingerprint density at radius 2 is 1.95 bits per heavy atom. The molecule has 0 bridgehead atoms. The molecule has 2 rings (SSSR count). The van der Waals surface area contributed by atoms with Crippen LogP contribution in [0.15, 0.2) is 48.5 Å². The van der Waals surface area contributed by atoms with Crippen molar-refractivity contribution in [2.45, 2.75) is 13.8 Å². The van der Waals surface area contributed by atoms with Gasteiger partial charge < -0.3 is 4.74 Å². The van der Waals surface area contributed by atoms with Crippen molar-refractivity contribution >= 4 is 23.2 Å². The summed E-state index contributed by atoms with van der Waals surface area (Å²) in [6.45, 7) is 4.59. The van der Waals surface area contributed by atoms with Crippen LogP contribution in [0.2, 0.25) is 5.02 Å². The number of anilines is 1. The van der Waals surface area contributed by atoms with Gasteiger partial charge in [-0.15, -0.1) is 0 Å². The Balaban J connectivity index is 1.90. The average Bonchev–Trinajstić information content (AvgIpc) is 2.52. The molecule has 0 heterocycles. The van der Waals surface area contributed by atoms with E-state index in [1.54, 1.807) is 29.3 Å². The Kier molecular flexibility index (Phi) is 5.67. The van der Waals surface area contributed by atoms with Gasteiger partial charge in [-0.3, -0.25) is 15.2 Å². The smallest absolute Gasteiger partial charge is 0.276 e. The van der Waals surface area contributed by atoms with Crippen molar-refractivity contribution in [3.05, 3.63) is 59.1 Å². The van der Waals surface area contributed by atoms with Gasteiger partial charge in [-0.1, -0.05) is 35.4 Å². The fourth-order valence-corrected chi connectivity index (χ4v) is 2.12. The average molecular weight is 319 g/mol. The zero-order chi connectivity index (χ0) is 15.9. The van der Waals surface area contributed by atoms with Gasteiger partial charge in [0, 0.05) is 11.6 Å². The van der Waals surface area contributed by atoms with E-state index in [-0.39, 0.29) is 12.5 Å². The van der Waals surface area contributed by atoms with Crippen molar-refractivity contribution in [2.75, 3.05) is 18.2 Å². The van der Waals surface area contributed by atoms with E-state index < -0.39 is 0 Å². The van der Waals surface area contributed by atoms with E-state index in [1.807, 2.05) is 38.1 Å². The molecule has 2 aromatic rings. The van der Waals surface area contributed by atoms with Crippen LogP contribution in [0.5, 0.6) is 5.75 Å². The van der Waals surface area contributed by atoms with Gasteiger partial charge in [0.2, 0.25) is 0 Å². The minimum absolute atomic E-state index is 0.0668. The van der Waals surface area contributed by atoms with Crippen LogP contribution in [0, 0.1) is 6.92 Å². The molecule has 0 aliphatic heterocycles. The number of carbonyl (C=O) groups excluding carboxylic acids is 1. The van der Waals surface area contributed by atoms with Crippen molar-refractivity contribution in [1.29, 1.82) is 0 Å². The van der Waals surface area contributed by atoms with Crippen LogP contribution in [-0.4, -0.2) is 19.1 Å². The van der Waals surface area contributed by atoms with E-state index in [0.29, 0.717) is 17.3 Å². The molecule has 0 atom stereocenters. The number of hydrogen-bond donors (Lipinski definition) is 1. The Morgan fingerprint density at radius 1 is 1.23 bits per heavy atom. The zero-order valence-electron chi connectivity index (χ0n) is 12.7. The normalized spacial score (nSPS) is 10.1. The molecule has 0 aliphatic carbocycles. The van der Waals surface area contributed by atoms with E-state index in [4.69, 9.17) is 16.3 Å². The number of aryl methyl sites for hydroxylation is 1. The molecule has 2 aromatic carbocycles. The van der Waals surface area contributed by atoms with Crippen molar-refractivity contribution < 1.29 is 9.53 Å². The highest BCUT2D eigenvalue weighted by molar-refractivity contribution is 6.30. The van der Waals surface area contributed by atoms with E-state index in [1.165, 1.54) is 5.56 Å². The Bertz CT molecular complexity index is 629. The summed E-state index contributed by atoms with van der Waals surface area (Å²) in [7, 11) is 0. The number of rotatable bonds is 6. The minimum atomic E-state index is -0.220. The molecular weight excluding hydrogens is 300 g/mol. The second-order valence-electron chi connectivity index (χ2n) is 4.86. The van der Waals surface area contributed by atoms with Gasteiger partial charge in [-0.25, -0.2) is 0 Å². The lowest BCUT2D eigenvalue weighted by Crippen LogP contribution is -2.44. The molecular formula is C17H19ClN2O2. The van der Waals surface area contributed by atoms with Gasteiger partial charge in [0.15, 0.2) is 6.61 Å². The molecule has 0 radical (unpaired) electrons. The van der Waals surface area contributed by atoms with E-state index >= 15 is 0 Å². The van der Waals surface area contributed by atoms with Crippen LogP contribution >= 0.6 is 11.6 Å². The highest BCUT2D eigenvalue weighted by Crippen LogP contribution is 2.17. The summed E-state index contributed by atoms with van der Waals surface area (Å²) in [6, 6.07) is 14.9. The third-order valence-corrected chi connectivity index (χ3v) is 3.32. The molecule has 0 fully saturated rings. The first-order chi connectivity index (χ1) is 10.6. The number of amides is 1. The molecule has 1 amide bonds. The standard InChI is InChI=1S/C17H19ClN2O2/c1-3-20(15-9-7-13(2)8-10-15)19-17(21)12-22-16-6-4-5-14(18)11-16/h4-11H,3,12H2,1-2H3,(H,19,21). The first-order valence-electron chi connectivity index (χ1n) is 7.10. The molecule has 0 aliphatic rings. The largest absolute Gasteiger partial charge is 0.484 e. The van der Waals surface area contributed by atoms with Crippen LogP contribution in [0.3, 0.4) is 0 Å². The SMILES string of the molecule is CCN(NC(=O)COc1cccc(Cl)c1)c1ccc(C)cc1. The second-order valence-corrected chi connectivity index (χ2v) is 5.30. The third kappa shape index (κ3) is 4.67. The number of carbonyl (C=O) groups is 1. The van der Waals surface area contributed by atoms with Gasteiger partial charge in [0.1, 0.15) is 5.75 Å².